The highest BCUT2D eigenvalue weighted by Gasteiger charge is 2.50. The van der Waals surface area contributed by atoms with Crippen molar-refractivity contribution in [3.63, 3.8) is 0 Å². The van der Waals surface area contributed by atoms with Crippen LogP contribution in [0.15, 0.2) is 4.99 Å². The minimum Gasteiger partial charge on any atom is -0.211 e. The smallest absolute Gasteiger partial charge is 0.211 e. The lowest BCUT2D eigenvalue weighted by Crippen LogP contribution is -2.06. The molecular formula is C8H13NO. The molecule has 2 nitrogen and oxygen atoms in total. The third-order valence-electron chi connectivity index (χ3n) is 2.37. The van der Waals surface area contributed by atoms with Gasteiger partial charge in [-0.05, 0) is 18.8 Å². The fourth-order valence-electron chi connectivity index (χ4n) is 1.56. The zero-order valence-corrected chi connectivity index (χ0v) is 6.55. The van der Waals surface area contributed by atoms with Crippen LogP contribution in [0.2, 0.25) is 0 Å². The Morgan fingerprint density at radius 1 is 1.80 bits per heavy atom. The van der Waals surface area contributed by atoms with Gasteiger partial charge in [-0.2, -0.15) is 4.99 Å². The van der Waals surface area contributed by atoms with Crippen LogP contribution in [0, 0.1) is 5.92 Å². The van der Waals surface area contributed by atoms with Gasteiger partial charge in [0.25, 0.3) is 0 Å². The molecule has 2 atom stereocenters. The van der Waals surface area contributed by atoms with Crippen LogP contribution in [-0.4, -0.2) is 11.6 Å². The van der Waals surface area contributed by atoms with E-state index >= 15 is 0 Å². The summed E-state index contributed by atoms with van der Waals surface area (Å²) in [5, 5.41) is 0. The molecule has 2 unspecified atom stereocenters. The van der Waals surface area contributed by atoms with Crippen LogP contribution in [0.5, 0.6) is 0 Å². The quantitative estimate of drug-likeness (QED) is 0.433. The predicted octanol–water partition coefficient (Wildman–Crippen LogP) is 1.90. The van der Waals surface area contributed by atoms with Gasteiger partial charge in [-0.15, -0.1) is 0 Å². The van der Waals surface area contributed by atoms with Crippen LogP contribution in [0.4, 0.5) is 0 Å². The first-order valence-corrected chi connectivity index (χ1v) is 3.84. The summed E-state index contributed by atoms with van der Waals surface area (Å²) in [5.41, 5.74) is 0.0104. The zero-order valence-electron chi connectivity index (χ0n) is 6.55. The Morgan fingerprint density at radius 2 is 2.40 bits per heavy atom. The SMILES string of the molecule is CCCC1(N=C=O)CC1C. The first-order valence-electron chi connectivity index (χ1n) is 3.84. The largest absolute Gasteiger partial charge is 0.235 e. The van der Waals surface area contributed by atoms with E-state index in [1.807, 2.05) is 0 Å². The number of isocyanates is 1. The highest BCUT2D eigenvalue weighted by Crippen LogP contribution is 2.49. The maximum absolute atomic E-state index is 9.99. The van der Waals surface area contributed by atoms with E-state index in [0.717, 1.165) is 19.3 Å². The van der Waals surface area contributed by atoms with Crippen molar-refractivity contribution in [3.05, 3.63) is 0 Å². The fourth-order valence-corrected chi connectivity index (χ4v) is 1.56. The first kappa shape index (κ1) is 7.49. The van der Waals surface area contributed by atoms with Gasteiger partial charge < -0.3 is 0 Å². The van der Waals surface area contributed by atoms with E-state index in [1.54, 1.807) is 6.08 Å². The molecule has 1 aliphatic rings. The molecular weight excluding hydrogens is 126 g/mol. The third kappa shape index (κ3) is 1.12. The van der Waals surface area contributed by atoms with Crippen LogP contribution in [0.25, 0.3) is 0 Å². The molecule has 2 heteroatoms. The second-order valence-electron chi connectivity index (χ2n) is 3.16. The van der Waals surface area contributed by atoms with Crippen molar-refractivity contribution in [1.29, 1.82) is 0 Å². The molecule has 1 fully saturated rings. The summed E-state index contributed by atoms with van der Waals surface area (Å²) in [4.78, 5) is 13.8. The molecule has 0 amide bonds. The van der Waals surface area contributed by atoms with Crippen LogP contribution >= 0.6 is 0 Å². The average Bonchev–Trinajstić information content (AvgIpc) is 2.44. The lowest BCUT2D eigenvalue weighted by Gasteiger charge is -2.04. The maximum Gasteiger partial charge on any atom is 0.235 e. The Kier molecular flexibility index (Phi) is 1.91. The van der Waals surface area contributed by atoms with E-state index in [9.17, 15) is 4.79 Å². The average molecular weight is 139 g/mol. The van der Waals surface area contributed by atoms with Gasteiger partial charge in [-0.25, -0.2) is 4.79 Å². The molecule has 0 aliphatic heterocycles. The molecule has 1 aliphatic carbocycles. The Balaban J connectivity index is 2.54. The second-order valence-corrected chi connectivity index (χ2v) is 3.16. The number of rotatable bonds is 3. The molecule has 0 saturated heterocycles. The van der Waals surface area contributed by atoms with Gasteiger partial charge in [0.1, 0.15) is 0 Å². The summed E-state index contributed by atoms with van der Waals surface area (Å²) in [6.07, 6.45) is 4.89. The van der Waals surface area contributed by atoms with Crippen molar-refractivity contribution in [3.8, 4) is 0 Å². The van der Waals surface area contributed by atoms with Gasteiger partial charge >= 0.3 is 0 Å². The van der Waals surface area contributed by atoms with E-state index in [2.05, 4.69) is 18.8 Å². The normalized spacial score (nSPS) is 36.8. The minimum absolute atomic E-state index is 0.0104. The summed E-state index contributed by atoms with van der Waals surface area (Å²) < 4.78 is 0. The summed E-state index contributed by atoms with van der Waals surface area (Å²) in [6.45, 7) is 4.25. The lowest BCUT2D eigenvalue weighted by atomic mass is 10.1. The molecule has 0 aromatic carbocycles. The van der Waals surface area contributed by atoms with Gasteiger partial charge in [0, 0.05) is 0 Å². The molecule has 1 rings (SSSR count). The van der Waals surface area contributed by atoms with E-state index in [0.29, 0.717) is 5.92 Å². The Bertz CT molecular complexity index is 172. The molecule has 56 valence electrons. The zero-order chi connectivity index (χ0) is 7.61. The monoisotopic (exact) mass is 139 g/mol. The Morgan fingerprint density at radius 3 is 2.70 bits per heavy atom. The fraction of sp³-hybridized carbons (Fsp3) is 0.875. The lowest BCUT2D eigenvalue weighted by molar-refractivity contribution is 0.528. The van der Waals surface area contributed by atoms with E-state index in [-0.39, 0.29) is 5.54 Å². The molecule has 0 N–H and O–H groups in total. The van der Waals surface area contributed by atoms with Crippen LogP contribution < -0.4 is 0 Å². The van der Waals surface area contributed by atoms with Gasteiger partial charge in [0.2, 0.25) is 6.08 Å². The number of hydrogen-bond donors (Lipinski definition) is 0. The molecule has 0 radical (unpaired) electrons. The highest BCUT2D eigenvalue weighted by molar-refractivity contribution is 5.37. The van der Waals surface area contributed by atoms with E-state index in [1.165, 1.54) is 0 Å². The summed E-state index contributed by atoms with van der Waals surface area (Å²) >= 11 is 0. The molecule has 0 bridgehead atoms. The topological polar surface area (TPSA) is 29.4 Å². The van der Waals surface area contributed by atoms with Crippen LogP contribution in [-0.2, 0) is 4.79 Å². The summed E-state index contributed by atoms with van der Waals surface area (Å²) in [5.74, 6) is 0.605. The molecule has 0 aromatic heterocycles. The predicted molar refractivity (Wildman–Crippen MR) is 39.5 cm³/mol. The highest BCUT2D eigenvalue weighted by atomic mass is 16.1. The van der Waals surface area contributed by atoms with Gasteiger partial charge in [-0.3, -0.25) is 0 Å². The van der Waals surface area contributed by atoms with E-state index < -0.39 is 0 Å². The number of carbonyl (C=O) groups excluding carboxylic acids is 1. The number of aliphatic imine (C=N–C) groups is 1. The van der Waals surface area contributed by atoms with Crippen LogP contribution in [0.3, 0.4) is 0 Å². The standard InChI is InChI=1S/C8H13NO/c1-3-4-8(9-6-10)5-7(8)2/h7H,3-5H2,1-2H3. The number of hydrogen-bond acceptors (Lipinski definition) is 2. The van der Waals surface area contributed by atoms with Gasteiger partial charge in [0.15, 0.2) is 0 Å². The van der Waals surface area contributed by atoms with Crippen molar-refractivity contribution in [2.24, 2.45) is 10.9 Å². The molecule has 10 heavy (non-hydrogen) atoms. The number of nitrogens with zero attached hydrogens (tertiary/aromatic N) is 1. The Hall–Kier alpha value is -0.620. The molecule has 0 aromatic rings. The summed E-state index contributed by atoms with van der Waals surface area (Å²) in [7, 11) is 0. The van der Waals surface area contributed by atoms with E-state index in [4.69, 9.17) is 0 Å². The molecule has 0 heterocycles. The maximum atomic E-state index is 9.99. The minimum atomic E-state index is 0.0104. The van der Waals surface area contributed by atoms with Gasteiger partial charge in [0.05, 0.1) is 5.54 Å². The van der Waals surface area contributed by atoms with Crippen molar-refractivity contribution < 1.29 is 4.79 Å². The first-order chi connectivity index (χ1) is 4.75. The van der Waals surface area contributed by atoms with Crippen molar-refractivity contribution in [2.75, 3.05) is 0 Å². The van der Waals surface area contributed by atoms with Crippen LogP contribution in [0.1, 0.15) is 33.1 Å². The van der Waals surface area contributed by atoms with Crippen molar-refractivity contribution in [2.45, 2.75) is 38.6 Å². The van der Waals surface area contributed by atoms with Crippen molar-refractivity contribution >= 4 is 6.08 Å². The molecule has 1 saturated carbocycles. The second kappa shape index (κ2) is 2.55. The third-order valence-corrected chi connectivity index (χ3v) is 2.37. The Labute approximate surface area is 61.3 Å². The van der Waals surface area contributed by atoms with Gasteiger partial charge in [-0.1, -0.05) is 20.3 Å². The summed E-state index contributed by atoms with van der Waals surface area (Å²) in [6, 6.07) is 0. The molecule has 0 spiro atoms. The van der Waals surface area contributed by atoms with Crippen molar-refractivity contribution in [1.82, 2.24) is 0 Å².